The van der Waals surface area contributed by atoms with Gasteiger partial charge in [0.2, 0.25) is 0 Å². The average molecular weight is 329 g/mol. The van der Waals surface area contributed by atoms with Gasteiger partial charge in [-0.3, -0.25) is 4.79 Å². The second-order valence-corrected chi connectivity index (χ2v) is 6.87. The van der Waals surface area contributed by atoms with Gasteiger partial charge in [0.25, 0.3) is 11.6 Å². The first-order valence-corrected chi connectivity index (χ1v) is 8.91. The van der Waals surface area contributed by atoms with Gasteiger partial charge in [-0.1, -0.05) is 18.5 Å². The van der Waals surface area contributed by atoms with Crippen LogP contribution in [-0.2, 0) is 11.2 Å². The summed E-state index contributed by atoms with van der Waals surface area (Å²) < 4.78 is 10.8. The minimum atomic E-state index is -0.0586. The van der Waals surface area contributed by atoms with Crippen LogP contribution >= 0.6 is 0 Å². The maximum absolute atomic E-state index is 12.8. The highest BCUT2D eigenvalue weighted by atomic mass is 16.5. The van der Waals surface area contributed by atoms with Crippen molar-refractivity contribution in [3.8, 4) is 0 Å². The molecule has 2 fully saturated rings. The first-order valence-electron chi connectivity index (χ1n) is 8.91. The van der Waals surface area contributed by atoms with Gasteiger partial charge >= 0.3 is 0 Å². The van der Waals surface area contributed by atoms with Crippen LogP contribution in [0.2, 0.25) is 0 Å². The Morgan fingerprint density at radius 2 is 2.25 bits per heavy atom. The molecule has 2 aromatic rings. The highest BCUT2D eigenvalue weighted by Gasteiger charge is 2.29. The standard InChI is InChI=1S/C18H23N3O3/c1-2-3-14-16-13(17(22)19-9-11-6-7-23-10-11)8-15(12-4-5-12)20-18(16)24-21-14/h8,11-12H,2-7,9-10H2,1H3,(H,19,22). The molecule has 1 N–H and O–H groups in total. The summed E-state index contributed by atoms with van der Waals surface area (Å²) in [5.41, 5.74) is 2.94. The average Bonchev–Trinajstić information content (AvgIpc) is 3.17. The number of hydrogen-bond acceptors (Lipinski definition) is 5. The quantitative estimate of drug-likeness (QED) is 0.882. The lowest BCUT2D eigenvalue weighted by molar-refractivity contribution is 0.0946. The first-order chi connectivity index (χ1) is 11.8. The smallest absolute Gasteiger partial charge is 0.259 e. The monoisotopic (exact) mass is 329 g/mol. The van der Waals surface area contributed by atoms with Crippen LogP contribution in [0.4, 0.5) is 0 Å². The van der Waals surface area contributed by atoms with E-state index in [1.807, 2.05) is 6.07 Å². The maximum atomic E-state index is 12.8. The molecule has 1 aliphatic carbocycles. The van der Waals surface area contributed by atoms with Gasteiger partial charge in [0.15, 0.2) is 0 Å². The third-order valence-electron chi connectivity index (χ3n) is 4.84. The molecule has 1 saturated carbocycles. The van der Waals surface area contributed by atoms with Gasteiger partial charge in [-0.2, -0.15) is 0 Å². The van der Waals surface area contributed by atoms with Crippen molar-refractivity contribution in [2.75, 3.05) is 19.8 Å². The lowest BCUT2D eigenvalue weighted by atomic mass is 10.0. The van der Waals surface area contributed by atoms with Crippen molar-refractivity contribution in [2.45, 2.75) is 44.9 Å². The van der Waals surface area contributed by atoms with E-state index >= 15 is 0 Å². The SMILES string of the molecule is CCCc1noc2nc(C3CC3)cc(C(=O)NCC3CCOC3)c12. The van der Waals surface area contributed by atoms with Crippen molar-refractivity contribution < 1.29 is 14.1 Å². The number of amides is 1. The van der Waals surface area contributed by atoms with Crippen LogP contribution in [0.15, 0.2) is 10.6 Å². The van der Waals surface area contributed by atoms with Crippen LogP contribution in [0.3, 0.4) is 0 Å². The van der Waals surface area contributed by atoms with Crippen LogP contribution in [-0.4, -0.2) is 35.8 Å². The second kappa shape index (κ2) is 6.51. The highest BCUT2D eigenvalue weighted by Crippen LogP contribution is 2.40. The Morgan fingerprint density at radius 1 is 1.38 bits per heavy atom. The lowest BCUT2D eigenvalue weighted by Gasteiger charge is -2.11. The fourth-order valence-corrected chi connectivity index (χ4v) is 3.28. The first kappa shape index (κ1) is 15.6. The Morgan fingerprint density at radius 3 is 2.96 bits per heavy atom. The summed E-state index contributed by atoms with van der Waals surface area (Å²) in [6.07, 6.45) is 5.01. The van der Waals surface area contributed by atoms with Crippen LogP contribution in [0, 0.1) is 5.92 Å². The molecule has 128 valence electrons. The predicted molar refractivity (Wildman–Crippen MR) is 89.0 cm³/mol. The Balaban J connectivity index is 1.65. The zero-order valence-corrected chi connectivity index (χ0v) is 14.0. The van der Waals surface area contributed by atoms with E-state index in [1.54, 1.807) is 0 Å². The van der Waals surface area contributed by atoms with Crippen molar-refractivity contribution in [1.29, 1.82) is 0 Å². The molecule has 2 aliphatic rings. The van der Waals surface area contributed by atoms with Crippen LogP contribution < -0.4 is 5.32 Å². The largest absolute Gasteiger partial charge is 0.381 e. The fourth-order valence-electron chi connectivity index (χ4n) is 3.28. The summed E-state index contributed by atoms with van der Waals surface area (Å²) in [7, 11) is 0. The van der Waals surface area contributed by atoms with Crippen LogP contribution in [0.25, 0.3) is 11.1 Å². The molecule has 6 nitrogen and oxygen atoms in total. The fraction of sp³-hybridized carbons (Fsp3) is 0.611. The Kier molecular flexibility index (Phi) is 4.22. The van der Waals surface area contributed by atoms with E-state index in [2.05, 4.69) is 22.4 Å². The highest BCUT2D eigenvalue weighted by molar-refractivity contribution is 6.06. The summed E-state index contributed by atoms with van der Waals surface area (Å²) in [5, 5.41) is 7.99. The number of carbonyl (C=O) groups is 1. The van der Waals surface area contributed by atoms with Crippen molar-refractivity contribution in [1.82, 2.24) is 15.5 Å². The molecule has 6 heteroatoms. The minimum Gasteiger partial charge on any atom is -0.381 e. The van der Waals surface area contributed by atoms with Crippen molar-refractivity contribution >= 4 is 17.0 Å². The van der Waals surface area contributed by atoms with E-state index in [0.717, 1.165) is 62.1 Å². The number of ether oxygens (including phenoxy) is 1. The zero-order valence-electron chi connectivity index (χ0n) is 14.0. The third-order valence-corrected chi connectivity index (χ3v) is 4.84. The number of pyridine rings is 1. The number of aromatic nitrogens is 2. The van der Waals surface area contributed by atoms with E-state index in [-0.39, 0.29) is 5.91 Å². The van der Waals surface area contributed by atoms with Crippen LogP contribution in [0.1, 0.15) is 60.3 Å². The molecule has 2 aromatic heterocycles. The second-order valence-electron chi connectivity index (χ2n) is 6.87. The van der Waals surface area contributed by atoms with Gasteiger partial charge < -0.3 is 14.6 Å². The number of nitrogens with zero attached hydrogens (tertiary/aromatic N) is 2. The van der Waals surface area contributed by atoms with E-state index in [1.165, 1.54) is 0 Å². The molecule has 1 saturated heterocycles. The van der Waals surface area contributed by atoms with E-state index < -0.39 is 0 Å². The molecule has 0 bridgehead atoms. The number of rotatable bonds is 6. The zero-order chi connectivity index (χ0) is 16.5. The van der Waals surface area contributed by atoms with Crippen molar-refractivity contribution in [2.24, 2.45) is 5.92 Å². The lowest BCUT2D eigenvalue weighted by Crippen LogP contribution is -2.29. The minimum absolute atomic E-state index is 0.0586. The Hall–Kier alpha value is -1.95. The van der Waals surface area contributed by atoms with Gasteiger partial charge in [0.05, 0.1) is 23.3 Å². The molecule has 3 heterocycles. The van der Waals surface area contributed by atoms with E-state index in [4.69, 9.17) is 9.26 Å². The van der Waals surface area contributed by atoms with Gasteiger partial charge in [0.1, 0.15) is 0 Å². The molecule has 0 radical (unpaired) electrons. The molecular formula is C18H23N3O3. The summed E-state index contributed by atoms with van der Waals surface area (Å²) in [4.78, 5) is 17.4. The molecule has 0 aromatic carbocycles. The topological polar surface area (TPSA) is 77.2 Å². The molecular weight excluding hydrogens is 306 g/mol. The van der Waals surface area contributed by atoms with Gasteiger partial charge in [-0.15, -0.1) is 0 Å². The van der Waals surface area contributed by atoms with E-state index in [0.29, 0.717) is 29.7 Å². The summed E-state index contributed by atoms with van der Waals surface area (Å²) in [6, 6.07) is 1.94. The predicted octanol–water partition coefficient (Wildman–Crippen LogP) is 2.82. The normalized spacial score (nSPS) is 20.6. The number of fused-ring (bicyclic) bond motifs is 1. The maximum Gasteiger partial charge on any atom is 0.259 e. The molecule has 24 heavy (non-hydrogen) atoms. The number of nitrogens with one attached hydrogen (secondary N) is 1. The molecule has 1 amide bonds. The molecule has 0 spiro atoms. The van der Waals surface area contributed by atoms with Gasteiger partial charge in [0, 0.05) is 30.7 Å². The van der Waals surface area contributed by atoms with Crippen molar-refractivity contribution in [3.63, 3.8) is 0 Å². The summed E-state index contributed by atoms with van der Waals surface area (Å²) in [6.45, 7) is 4.26. The Labute approximate surface area is 140 Å². The third kappa shape index (κ3) is 3.02. The number of hydrogen-bond donors (Lipinski definition) is 1. The van der Waals surface area contributed by atoms with Crippen molar-refractivity contribution in [3.05, 3.63) is 23.0 Å². The molecule has 1 atom stereocenters. The summed E-state index contributed by atoms with van der Waals surface area (Å²) in [5.74, 6) is 0.812. The molecule has 1 aliphatic heterocycles. The number of carbonyl (C=O) groups excluding carboxylic acids is 1. The Bertz CT molecular complexity index is 745. The van der Waals surface area contributed by atoms with E-state index in [9.17, 15) is 4.79 Å². The molecule has 4 rings (SSSR count). The molecule has 1 unspecified atom stereocenters. The van der Waals surface area contributed by atoms with Crippen LogP contribution in [0.5, 0.6) is 0 Å². The van der Waals surface area contributed by atoms with Gasteiger partial charge in [-0.05, 0) is 31.7 Å². The summed E-state index contributed by atoms with van der Waals surface area (Å²) >= 11 is 0. The number of aryl methyl sites for hydroxylation is 1. The van der Waals surface area contributed by atoms with Gasteiger partial charge in [-0.25, -0.2) is 4.98 Å².